The van der Waals surface area contributed by atoms with E-state index in [0.29, 0.717) is 0 Å². The van der Waals surface area contributed by atoms with E-state index in [1.54, 1.807) is 5.57 Å². The smallest absolute Gasteiger partial charge is 0.0214 e. The maximum atomic E-state index is 3.44. The van der Waals surface area contributed by atoms with Crippen molar-refractivity contribution in [1.82, 2.24) is 0 Å². The first-order chi connectivity index (χ1) is 4.84. The van der Waals surface area contributed by atoms with E-state index in [1.807, 2.05) is 0 Å². The zero-order valence-corrected chi connectivity index (χ0v) is 8.15. The summed E-state index contributed by atoms with van der Waals surface area (Å²) in [4.78, 5) is 0. The lowest BCUT2D eigenvalue weighted by Gasteiger charge is -2.21. The first kappa shape index (κ1) is 8.32. The van der Waals surface area contributed by atoms with Crippen LogP contribution in [-0.4, -0.2) is 5.33 Å². The van der Waals surface area contributed by atoms with Crippen LogP contribution in [0.4, 0.5) is 0 Å². The van der Waals surface area contributed by atoms with Gasteiger partial charge in [-0.05, 0) is 25.2 Å². The highest BCUT2D eigenvalue weighted by atomic mass is 79.9. The largest absolute Gasteiger partial charge is 0.0883 e. The van der Waals surface area contributed by atoms with E-state index in [2.05, 4.69) is 28.9 Å². The number of hydrogen-bond donors (Lipinski definition) is 0. The van der Waals surface area contributed by atoms with Crippen molar-refractivity contribution in [1.29, 1.82) is 0 Å². The fourth-order valence-corrected chi connectivity index (χ4v) is 2.03. The van der Waals surface area contributed by atoms with Crippen molar-refractivity contribution in [3.63, 3.8) is 0 Å². The van der Waals surface area contributed by atoms with Gasteiger partial charge in [0.1, 0.15) is 0 Å². The molecule has 1 aliphatic carbocycles. The summed E-state index contributed by atoms with van der Waals surface area (Å²) in [6, 6.07) is 0. The number of allylic oxidation sites excluding steroid dienone is 2. The number of alkyl halides is 1. The van der Waals surface area contributed by atoms with Gasteiger partial charge in [0.05, 0.1) is 0 Å². The molecule has 10 heavy (non-hydrogen) atoms. The molecule has 0 heterocycles. The minimum atomic E-state index is 0.853. The minimum Gasteiger partial charge on any atom is -0.0883 e. The summed E-state index contributed by atoms with van der Waals surface area (Å²) in [7, 11) is 0. The number of hydrogen-bond acceptors (Lipinski definition) is 0. The molecule has 58 valence electrons. The Hall–Kier alpha value is 0.220. The summed E-state index contributed by atoms with van der Waals surface area (Å²) in [6.45, 7) is 2.34. The summed E-state index contributed by atoms with van der Waals surface area (Å²) in [5.74, 6) is 0.853. The molecule has 0 aromatic carbocycles. The van der Waals surface area contributed by atoms with Crippen LogP contribution in [-0.2, 0) is 0 Å². The maximum Gasteiger partial charge on any atom is 0.0214 e. The normalized spacial score (nSPS) is 31.0. The predicted octanol–water partition coefficient (Wildman–Crippen LogP) is 3.52. The molecule has 0 N–H and O–H groups in total. The Morgan fingerprint density at radius 1 is 1.60 bits per heavy atom. The van der Waals surface area contributed by atoms with Gasteiger partial charge in [-0.25, -0.2) is 0 Å². The maximum absolute atomic E-state index is 3.44. The van der Waals surface area contributed by atoms with E-state index in [0.717, 1.165) is 11.2 Å². The Morgan fingerprint density at radius 3 is 3.00 bits per heavy atom. The average molecular weight is 203 g/mol. The van der Waals surface area contributed by atoms with Crippen LogP contribution in [0.2, 0.25) is 0 Å². The van der Waals surface area contributed by atoms with Crippen LogP contribution in [0.5, 0.6) is 0 Å². The summed E-state index contributed by atoms with van der Waals surface area (Å²) < 4.78 is 0. The van der Waals surface area contributed by atoms with Crippen LogP contribution in [0.15, 0.2) is 11.6 Å². The predicted molar refractivity (Wildman–Crippen MR) is 49.5 cm³/mol. The quantitative estimate of drug-likeness (QED) is 0.451. The Bertz CT molecular complexity index is 127. The van der Waals surface area contributed by atoms with Gasteiger partial charge in [0.15, 0.2) is 0 Å². The van der Waals surface area contributed by atoms with Gasteiger partial charge in [-0.15, -0.1) is 0 Å². The monoisotopic (exact) mass is 202 g/mol. The highest BCUT2D eigenvalue weighted by Gasteiger charge is 2.12. The van der Waals surface area contributed by atoms with E-state index in [-0.39, 0.29) is 0 Å². The highest BCUT2D eigenvalue weighted by molar-refractivity contribution is 9.09. The zero-order valence-electron chi connectivity index (χ0n) is 6.57. The molecule has 0 saturated heterocycles. The van der Waals surface area contributed by atoms with Crippen LogP contribution >= 0.6 is 15.9 Å². The molecule has 0 amide bonds. The van der Waals surface area contributed by atoms with Crippen molar-refractivity contribution in [2.24, 2.45) is 5.92 Å². The van der Waals surface area contributed by atoms with Gasteiger partial charge in [-0.1, -0.05) is 40.9 Å². The third-order valence-corrected chi connectivity index (χ3v) is 2.65. The van der Waals surface area contributed by atoms with Gasteiger partial charge in [-0.3, -0.25) is 0 Å². The summed E-state index contributed by atoms with van der Waals surface area (Å²) >= 11 is 3.44. The first-order valence-electron chi connectivity index (χ1n) is 4.09. The fourth-order valence-electron chi connectivity index (χ4n) is 1.61. The van der Waals surface area contributed by atoms with Crippen LogP contribution in [0.3, 0.4) is 0 Å². The summed E-state index contributed by atoms with van der Waals surface area (Å²) in [5.41, 5.74) is 1.67. The second-order valence-corrected chi connectivity index (χ2v) is 3.73. The van der Waals surface area contributed by atoms with Gasteiger partial charge in [0, 0.05) is 5.33 Å². The highest BCUT2D eigenvalue weighted by Crippen LogP contribution is 2.28. The van der Waals surface area contributed by atoms with Crippen molar-refractivity contribution >= 4 is 15.9 Å². The SMILES string of the molecule is CC1CCCCC1=CCBr. The lowest BCUT2D eigenvalue weighted by atomic mass is 9.86. The molecule has 0 aromatic heterocycles. The molecule has 0 spiro atoms. The second kappa shape index (κ2) is 4.17. The molecule has 0 aromatic rings. The van der Waals surface area contributed by atoms with Crippen LogP contribution < -0.4 is 0 Å². The van der Waals surface area contributed by atoms with E-state index in [9.17, 15) is 0 Å². The topological polar surface area (TPSA) is 0 Å². The summed E-state index contributed by atoms with van der Waals surface area (Å²) in [5, 5.41) is 1.03. The molecule has 1 unspecified atom stereocenters. The van der Waals surface area contributed by atoms with Gasteiger partial charge in [0.25, 0.3) is 0 Å². The van der Waals surface area contributed by atoms with Crippen molar-refractivity contribution in [2.45, 2.75) is 32.6 Å². The molecule has 0 aliphatic heterocycles. The second-order valence-electron chi connectivity index (χ2n) is 3.08. The van der Waals surface area contributed by atoms with Gasteiger partial charge in [0.2, 0.25) is 0 Å². The standard InChI is InChI=1S/C9H15Br/c1-8-4-2-3-5-9(8)6-7-10/h6,8H,2-5,7H2,1H3. The average Bonchev–Trinajstić information content (AvgIpc) is 1.94. The van der Waals surface area contributed by atoms with Crippen molar-refractivity contribution in [3.05, 3.63) is 11.6 Å². The summed E-state index contributed by atoms with van der Waals surface area (Å²) in [6.07, 6.45) is 7.92. The van der Waals surface area contributed by atoms with Gasteiger partial charge < -0.3 is 0 Å². The molecule has 1 atom stereocenters. The van der Waals surface area contributed by atoms with Gasteiger partial charge in [-0.2, -0.15) is 0 Å². The van der Waals surface area contributed by atoms with Crippen LogP contribution in [0, 0.1) is 5.92 Å². The van der Waals surface area contributed by atoms with Crippen LogP contribution in [0.25, 0.3) is 0 Å². The molecule has 1 rings (SSSR count). The minimum absolute atomic E-state index is 0.853. The molecule has 0 radical (unpaired) electrons. The van der Waals surface area contributed by atoms with Crippen molar-refractivity contribution in [3.8, 4) is 0 Å². The van der Waals surface area contributed by atoms with Crippen LogP contribution in [0.1, 0.15) is 32.6 Å². The molecule has 1 heteroatoms. The van der Waals surface area contributed by atoms with Crippen molar-refractivity contribution < 1.29 is 0 Å². The van der Waals surface area contributed by atoms with E-state index in [4.69, 9.17) is 0 Å². The molecule has 0 nitrogen and oxygen atoms in total. The molecule has 1 fully saturated rings. The number of halogens is 1. The lowest BCUT2D eigenvalue weighted by Crippen LogP contribution is -2.05. The molecule has 1 aliphatic rings. The van der Waals surface area contributed by atoms with E-state index in [1.165, 1.54) is 25.7 Å². The zero-order chi connectivity index (χ0) is 7.40. The lowest BCUT2D eigenvalue weighted by molar-refractivity contribution is 0.483. The van der Waals surface area contributed by atoms with E-state index < -0.39 is 0 Å². The Balaban J connectivity index is 2.47. The Labute approximate surface area is 71.8 Å². The molecule has 1 saturated carbocycles. The molecular weight excluding hydrogens is 188 g/mol. The Kier molecular flexibility index (Phi) is 3.47. The van der Waals surface area contributed by atoms with Gasteiger partial charge >= 0.3 is 0 Å². The third kappa shape index (κ3) is 2.12. The fraction of sp³-hybridized carbons (Fsp3) is 0.778. The Morgan fingerprint density at radius 2 is 2.40 bits per heavy atom. The third-order valence-electron chi connectivity index (χ3n) is 2.32. The van der Waals surface area contributed by atoms with E-state index >= 15 is 0 Å². The molecular formula is C9H15Br. The van der Waals surface area contributed by atoms with Crippen molar-refractivity contribution in [2.75, 3.05) is 5.33 Å². The first-order valence-corrected chi connectivity index (χ1v) is 5.21. The molecule has 0 bridgehead atoms. The number of rotatable bonds is 1.